The Morgan fingerprint density at radius 1 is 0.957 bits per heavy atom. The Hall–Kier alpha value is -2.29. The average molecular weight is 307 g/mol. The Kier molecular flexibility index (Phi) is 4.96. The first kappa shape index (κ1) is 15.6. The number of nitrogens with zero attached hydrogens (tertiary/aromatic N) is 2. The van der Waals surface area contributed by atoms with Crippen LogP contribution in [0.5, 0.6) is 0 Å². The molecule has 0 spiro atoms. The summed E-state index contributed by atoms with van der Waals surface area (Å²) in [5.41, 5.74) is 10.3. The second-order valence-electron chi connectivity index (χ2n) is 6.12. The van der Waals surface area contributed by atoms with Gasteiger partial charge in [-0.25, -0.2) is 4.98 Å². The van der Waals surface area contributed by atoms with Crippen LogP contribution in [-0.4, -0.2) is 9.55 Å². The first-order valence-corrected chi connectivity index (χ1v) is 8.57. The van der Waals surface area contributed by atoms with E-state index in [1.165, 1.54) is 31.2 Å². The summed E-state index contributed by atoms with van der Waals surface area (Å²) in [6.45, 7) is 3.26. The second-order valence-corrected chi connectivity index (χ2v) is 6.12. The molecule has 0 fully saturated rings. The van der Waals surface area contributed by atoms with Crippen molar-refractivity contribution in [3.63, 3.8) is 0 Å². The van der Waals surface area contributed by atoms with Crippen LogP contribution < -0.4 is 5.73 Å². The van der Waals surface area contributed by atoms with Gasteiger partial charge in [0.05, 0.1) is 11.2 Å². The van der Waals surface area contributed by atoms with Gasteiger partial charge in [-0.15, -0.1) is 0 Å². The van der Waals surface area contributed by atoms with E-state index in [9.17, 15) is 0 Å². The maximum atomic E-state index is 6.13. The van der Waals surface area contributed by atoms with E-state index in [1.807, 2.05) is 12.1 Å². The normalized spacial score (nSPS) is 11.2. The van der Waals surface area contributed by atoms with E-state index in [1.54, 1.807) is 0 Å². The molecule has 23 heavy (non-hydrogen) atoms. The van der Waals surface area contributed by atoms with Gasteiger partial charge < -0.3 is 10.3 Å². The molecule has 1 heterocycles. The number of aryl methyl sites for hydroxylation is 1. The molecule has 2 aromatic carbocycles. The maximum absolute atomic E-state index is 6.13. The van der Waals surface area contributed by atoms with Crippen molar-refractivity contribution in [3.8, 4) is 0 Å². The van der Waals surface area contributed by atoms with E-state index in [-0.39, 0.29) is 0 Å². The molecule has 3 heteroatoms. The fourth-order valence-electron chi connectivity index (χ4n) is 3.08. The molecular formula is C20H25N3. The van der Waals surface area contributed by atoms with Crippen LogP contribution in [0.15, 0.2) is 48.5 Å². The summed E-state index contributed by atoms with van der Waals surface area (Å²) >= 11 is 0. The first-order chi connectivity index (χ1) is 11.3. The molecule has 0 atom stereocenters. The van der Waals surface area contributed by atoms with E-state index in [2.05, 4.69) is 47.9 Å². The molecule has 1 aromatic heterocycles. The van der Waals surface area contributed by atoms with Gasteiger partial charge in [0.1, 0.15) is 11.3 Å². The van der Waals surface area contributed by atoms with Gasteiger partial charge in [0.25, 0.3) is 0 Å². The number of nitrogens with two attached hydrogens (primary N) is 1. The quantitative estimate of drug-likeness (QED) is 0.504. The summed E-state index contributed by atoms with van der Waals surface area (Å²) in [6.07, 6.45) is 5.86. The minimum Gasteiger partial charge on any atom is -0.397 e. The molecule has 3 nitrogen and oxygen atoms in total. The highest BCUT2D eigenvalue weighted by atomic mass is 15.1. The molecular weight excluding hydrogens is 282 g/mol. The summed E-state index contributed by atoms with van der Waals surface area (Å²) in [4.78, 5) is 4.84. The SMILES string of the molecule is CCCCCCn1c(Cc2ccccc2)nc2c(N)cccc21. The van der Waals surface area contributed by atoms with Crippen molar-refractivity contribution in [3.05, 3.63) is 59.9 Å². The summed E-state index contributed by atoms with van der Waals surface area (Å²) < 4.78 is 2.36. The molecule has 0 aliphatic rings. The average Bonchev–Trinajstić information content (AvgIpc) is 2.92. The van der Waals surface area contributed by atoms with Gasteiger partial charge >= 0.3 is 0 Å². The Morgan fingerprint density at radius 2 is 1.78 bits per heavy atom. The number of nitrogen functional groups attached to an aromatic ring is 1. The van der Waals surface area contributed by atoms with Gasteiger partial charge in [-0.3, -0.25) is 0 Å². The highest BCUT2D eigenvalue weighted by molar-refractivity contribution is 5.87. The highest BCUT2D eigenvalue weighted by Crippen LogP contribution is 2.24. The first-order valence-electron chi connectivity index (χ1n) is 8.57. The van der Waals surface area contributed by atoms with Crippen LogP contribution >= 0.6 is 0 Å². The number of para-hydroxylation sites is 1. The van der Waals surface area contributed by atoms with Crippen LogP contribution in [0.25, 0.3) is 11.0 Å². The molecule has 3 aromatic rings. The van der Waals surface area contributed by atoms with E-state index in [0.29, 0.717) is 0 Å². The fourth-order valence-corrected chi connectivity index (χ4v) is 3.08. The standard InChI is InChI=1S/C20H25N3/c1-2-3-4-8-14-23-18-13-9-12-17(21)20(18)22-19(23)15-16-10-6-5-7-11-16/h5-7,9-13H,2-4,8,14-15,21H2,1H3. The molecule has 0 saturated carbocycles. The topological polar surface area (TPSA) is 43.8 Å². The molecule has 0 aliphatic carbocycles. The van der Waals surface area contributed by atoms with Gasteiger partial charge in [0.2, 0.25) is 0 Å². The van der Waals surface area contributed by atoms with Crippen molar-refractivity contribution >= 4 is 16.7 Å². The number of fused-ring (bicyclic) bond motifs is 1. The van der Waals surface area contributed by atoms with Crippen molar-refractivity contribution in [1.82, 2.24) is 9.55 Å². The molecule has 0 amide bonds. The molecule has 0 saturated heterocycles. The molecule has 0 aliphatic heterocycles. The Balaban J connectivity index is 1.92. The summed E-state index contributed by atoms with van der Waals surface area (Å²) in [6, 6.07) is 16.6. The lowest BCUT2D eigenvalue weighted by Crippen LogP contribution is -2.05. The third-order valence-corrected chi connectivity index (χ3v) is 4.33. The van der Waals surface area contributed by atoms with Crippen LogP contribution in [0, 0.1) is 0 Å². The van der Waals surface area contributed by atoms with Gasteiger partial charge in [0, 0.05) is 13.0 Å². The molecule has 120 valence electrons. The van der Waals surface area contributed by atoms with Crippen molar-refractivity contribution in [2.75, 3.05) is 5.73 Å². The number of anilines is 1. The highest BCUT2D eigenvalue weighted by Gasteiger charge is 2.12. The van der Waals surface area contributed by atoms with Crippen LogP contribution in [0.4, 0.5) is 5.69 Å². The van der Waals surface area contributed by atoms with Crippen LogP contribution in [0.3, 0.4) is 0 Å². The summed E-state index contributed by atoms with van der Waals surface area (Å²) in [5, 5.41) is 0. The largest absolute Gasteiger partial charge is 0.397 e. The summed E-state index contributed by atoms with van der Waals surface area (Å²) in [7, 11) is 0. The zero-order chi connectivity index (χ0) is 16.1. The number of hydrogen-bond acceptors (Lipinski definition) is 2. The number of imidazole rings is 1. The van der Waals surface area contributed by atoms with Crippen molar-refractivity contribution in [2.24, 2.45) is 0 Å². The molecule has 0 radical (unpaired) electrons. The zero-order valence-electron chi connectivity index (χ0n) is 13.8. The van der Waals surface area contributed by atoms with Gasteiger partial charge in [-0.05, 0) is 24.1 Å². The monoisotopic (exact) mass is 307 g/mol. The number of benzene rings is 2. The third kappa shape index (κ3) is 3.55. The third-order valence-electron chi connectivity index (χ3n) is 4.33. The van der Waals surface area contributed by atoms with Crippen molar-refractivity contribution in [2.45, 2.75) is 45.6 Å². The minimum absolute atomic E-state index is 0.768. The van der Waals surface area contributed by atoms with Gasteiger partial charge in [-0.2, -0.15) is 0 Å². The van der Waals surface area contributed by atoms with Gasteiger partial charge in [-0.1, -0.05) is 62.6 Å². The van der Waals surface area contributed by atoms with Gasteiger partial charge in [0.15, 0.2) is 0 Å². The molecule has 0 unspecified atom stereocenters. The molecule has 2 N–H and O–H groups in total. The number of hydrogen-bond donors (Lipinski definition) is 1. The maximum Gasteiger partial charge on any atom is 0.114 e. The Bertz CT molecular complexity index is 759. The lowest BCUT2D eigenvalue weighted by molar-refractivity contribution is 0.578. The number of rotatable bonds is 7. The van der Waals surface area contributed by atoms with E-state index in [4.69, 9.17) is 10.7 Å². The van der Waals surface area contributed by atoms with Crippen LogP contribution in [-0.2, 0) is 13.0 Å². The van der Waals surface area contributed by atoms with Crippen molar-refractivity contribution < 1.29 is 0 Å². The van der Waals surface area contributed by atoms with E-state index >= 15 is 0 Å². The predicted molar refractivity (Wildman–Crippen MR) is 97.5 cm³/mol. The second kappa shape index (κ2) is 7.32. The van der Waals surface area contributed by atoms with Crippen LogP contribution in [0.2, 0.25) is 0 Å². The van der Waals surface area contributed by atoms with E-state index in [0.717, 1.165) is 35.5 Å². The predicted octanol–water partition coefficient (Wildman–Crippen LogP) is 4.79. The smallest absolute Gasteiger partial charge is 0.114 e. The van der Waals surface area contributed by atoms with Crippen LogP contribution in [0.1, 0.15) is 44.0 Å². The lowest BCUT2D eigenvalue weighted by atomic mass is 10.1. The molecule has 3 rings (SSSR count). The Morgan fingerprint density at radius 3 is 2.57 bits per heavy atom. The number of unbranched alkanes of at least 4 members (excludes halogenated alkanes) is 3. The minimum atomic E-state index is 0.768. The fraction of sp³-hybridized carbons (Fsp3) is 0.350. The number of aromatic nitrogens is 2. The lowest BCUT2D eigenvalue weighted by Gasteiger charge is -2.09. The molecule has 0 bridgehead atoms. The Labute approximate surface area is 138 Å². The van der Waals surface area contributed by atoms with Crippen molar-refractivity contribution in [1.29, 1.82) is 0 Å². The summed E-state index contributed by atoms with van der Waals surface area (Å²) in [5.74, 6) is 1.11. The zero-order valence-corrected chi connectivity index (χ0v) is 13.8. The van der Waals surface area contributed by atoms with E-state index < -0.39 is 0 Å².